The lowest BCUT2D eigenvalue weighted by molar-refractivity contribution is -0.122. The van der Waals surface area contributed by atoms with Gasteiger partial charge in [-0.2, -0.15) is 0 Å². The van der Waals surface area contributed by atoms with Gasteiger partial charge in [-0.15, -0.1) is 0 Å². The summed E-state index contributed by atoms with van der Waals surface area (Å²) >= 11 is 0. The first-order chi connectivity index (χ1) is 17.1. The van der Waals surface area contributed by atoms with Crippen LogP contribution in [0.3, 0.4) is 0 Å². The number of carbonyl (C=O) groups is 2. The molecule has 1 fully saturated rings. The molecule has 1 aliphatic rings. The number of hydrogen-bond acceptors (Lipinski definition) is 5. The molecule has 1 saturated heterocycles. The van der Waals surface area contributed by atoms with Crippen LogP contribution in [-0.4, -0.2) is 68.9 Å². The number of piperazine rings is 1. The van der Waals surface area contributed by atoms with Gasteiger partial charge in [0.1, 0.15) is 0 Å². The van der Waals surface area contributed by atoms with Gasteiger partial charge in [-0.05, 0) is 24.6 Å². The van der Waals surface area contributed by atoms with E-state index >= 15 is 0 Å². The van der Waals surface area contributed by atoms with Crippen molar-refractivity contribution in [1.29, 1.82) is 0 Å². The molecule has 0 bridgehead atoms. The Morgan fingerprint density at radius 1 is 0.886 bits per heavy atom. The highest BCUT2D eigenvalue weighted by Gasteiger charge is 2.28. The van der Waals surface area contributed by atoms with Crippen LogP contribution >= 0.6 is 0 Å². The van der Waals surface area contributed by atoms with Gasteiger partial charge >= 0.3 is 0 Å². The first kappa shape index (κ1) is 22.7. The molecule has 3 heterocycles. The van der Waals surface area contributed by atoms with E-state index in [-0.39, 0.29) is 11.8 Å². The quantitative estimate of drug-likeness (QED) is 0.471. The summed E-state index contributed by atoms with van der Waals surface area (Å²) in [5.74, 6) is 0.545. The van der Waals surface area contributed by atoms with Crippen molar-refractivity contribution in [2.24, 2.45) is 0 Å². The van der Waals surface area contributed by atoms with Gasteiger partial charge in [-0.3, -0.25) is 19.1 Å². The average molecular weight is 469 g/mol. The largest absolute Gasteiger partial charge is 0.351 e. The Morgan fingerprint density at radius 3 is 2.31 bits per heavy atom. The molecule has 1 N–H and O–H groups in total. The summed E-state index contributed by atoms with van der Waals surface area (Å²) in [5.41, 5.74) is 3.49. The van der Waals surface area contributed by atoms with Crippen LogP contribution < -0.4 is 5.32 Å². The zero-order chi connectivity index (χ0) is 24.2. The van der Waals surface area contributed by atoms with Crippen molar-refractivity contribution in [2.75, 3.05) is 32.7 Å². The number of nitrogens with one attached hydrogen (secondary N) is 1. The monoisotopic (exact) mass is 468 g/mol. The van der Waals surface area contributed by atoms with E-state index in [1.807, 2.05) is 71.0 Å². The molecule has 0 radical (unpaired) electrons. The van der Waals surface area contributed by atoms with Crippen LogP contribution in [0.4, 0.5) is 0 Å². The first-order valence-corrected chi connectivity index (χ1v) is 11.8. The fraction of sp³-hybridized carbons (Fsp3) is 0.259. The molecule has 178 valence electrons. The molecule has 5 rings (SSSR count). The van der Waals surface area contributed by atoms with Gasteiger partial charge in [0.25, 0.3) is 5.91 Å². The molecule has 0 aliphatic carbocycles. The smallest absolute Gasteiger partial charge is 0.256 e. The molecule has 0 spiro atoms. The van der Waals surface area contributed by atoms with Gasteiger partial charge in [0.2, 0.25) is 11.9 Å². The molecule has 4 aromatic rings. The predicted molar refractivity (Wildman–Crippen MR) is 134 cm³/mol. The van der Waals surface area contributed by atoms with Gasteiger partial charge in [0.15, 0.2) is 0 Å². The molecule has 0 atom stereocenters. The maximum absolute atomic E-state index is 13.6. The molecule has 2 amide bonds. The van der Waals surface area contributed by atoms with Crippen LogP contribution in [-0.2, 0) is 11.3 Å². The van der Waals surface area contributed by atoms with Crippen molar-refractivity contribution in [3.8, 4) is 5.95 Å². The molecular formula is C27H28N6O2. The van der Waals surface area contributed by atoms with E-state index in [1.165, 1.54) is 0 Å². The summed E-state index contributed by atoms with van der Waals surface area (Å²) in [7, 11) is 0. The number of benzene rings is 2. The lowest BCUT2D eigenvalue weighted by Gasteiger charge is -2.34. The zero-order valence-corrected chi connectivity index (χ0v) is 19.7. The standard InChI is InChI=1S/C27H28N6O2/c1-20-25(22-10-5-6-11-23(22)33(20)27-28-12-7-13-29-27)26(35)32-16-14-31(15-17-32)19-24(34)30-18-21-8-3-2-4-9-21/h2-13H,14-19H2,1H3,(H,30,34). The Hall–Kier alpha value is -4.04. The second-order valence-corrected chi connectivity index (χ2v) is 8.69. The van der Waals surface area contributed by atoms with E-state index in [9.17, 15) is 9.59 Å². The second-order valence-electron chi connectivity index (χ2n) is 8.69. The summed E-state index contributed by atoms with van der Waals surface area (Å²) in [5, 5.41) is 3.87. The van der Waals surface area contributed by atoms with E-state index in [2.05, 4.69) is 20.2 Å². The summed E-state index contributed by atoms with van der Waals surface area (Å²) in [6.07, 6.45) is 3.40. The predicted octanol–water partition coefficient (Wildman–Crippen LogP) is 2.80. The van der Waals surface area contributed by atoms with Crippen molar-refractivity contribution in [3.05, 3.63) is 89.9 Å². The van der Waals surface area contributed by atoms with Gasteiger partial charge in [-0.25, -0.2) is 9.97 Å². The van der Waals surface area contributed by atoms with E-state index in [1.54, 1.807) is 18.5 Å². The van der Waals surface area contributed by atoms with Crippen molar-refractivity contribution in [1.82, 2.24) is 29.7 Å². The Labute approximate surface area is 204 Å². The Balaban J connectivity index is 1.26. The van der Waals surface area contributed by atoms with Crippen molar-refractivity contribution in [3.63, 3.8) is 0 Å². The number of nitrogens with zero attached hydrogens (tertiary/aromatic N) is 5. The van der Waals surface area contributed by atoms with Crippen LogP contribution in [0.5, 0.6) is 0 Å². The van der Waals surface area contributed by atoms with E-state index in [0.717, 1.165) is 22.2 Å². The van der Waals surface area contributed by atoms with Gasteiger partial charge in [-0.1, -0.05) is 48.5 Å². The highest BCUT2D eigenvalue weighted by Crippen LogP contribution is 2.29. The highest BCUT2D eigenvalue weighted by molar-refractivity contribution is 6.08. The lowest BCUT2D eigenvalue weighted by Crippen LogP contribution is -2.51. The Morgan fingerprint density at radius 2 is 1.57 bits per heavy atom. The van der Waals surface area contributed by atoms with Crippen LogP contribution in [0.25, 0.3) is 16.9 Å². The first-order valence-electron chi connectivity index (χ1n) is 11.8. The molecule has 2 aromatic heterocycles. The third kappa shape index (κ3) is 4.79. The summed E-state index contributed by atoms with van der Waals surface area (Å²) in [6.45, 7) is 5.26. The SMILES string of the molecule is Cc1c(C(=O)N2CCN(CC(=O)NCc3ccccc3)CC2)c2ccccc2n1-c1ncccn1. The Kier molecular flexibility index (Phi) is 6.54. The average Bonchev–Trinajstić information content (AvgIpc) is 3.20. The number of rotatable bonds is 6. The topological polar surface area (TPSA) is 83.4 Å². The third-order valence-corrected chi connectivity index (χ3v) is 6.44. The fourth-order valence-electron chi connectivity index (χ4n) is 4.62. The minimum atomic E-state index is -0.00425. The lowest BCUT2D eigenvalue weighted by atomic mass is 10.1. The maximum Gasteiger partial charge on any atom is 0.256 e. The second kappa shape index (κ2) is 10.1. The summed E-state index contributed by atoms with van der Waals surface area (Å²) in [6, 6.07) is 19.5. The molecule has 0 unspecified atom stereocenters. The van der Waals surface area contributed by atoms with E-state index in [4.69, 9.17) is 0 Å². The minimum Gasteiger partial charge on any atom is -0.351 e. The normalized spacial score (nSPS) is 14.3. The van der Waals surface area contributed by atoms with Crippen molar-refractivity contribution in [2.45, 2.75) is 13.5 Å². The van der Waals surface area contributed by atoms with Crippen molar-refractivity contribution < 1.29 is 9.59 Å². The number of fused-ring (bicyclic) bond motifs is 1. The molecule has 35 heavy (non-hydrogen) atoms. The van der Waals surface area contributed by atoms with Crippen LogP contribution in [0.2, 0.25) is 0 Å². The number of amides is 2. The van der Waals surface area contributed by atoms with Crippen LogP contribution in [0.15, 0.2) is 73.1 Å². The highest BCUT2D eigenvalue weighted by atomic mass is 16.2. The molecule has 2 aromatic carbocycles. The molecule has 0 saturated carbocycles. The molecule has 8 heteroatoms. The van der Waals surface area contributed by atoms with Crippen LogP contribution in [0.1, 0.15) is 21.6 Å². The molecular weight excluding hydrogens is 440 g/mol. The number of aromatic nitrogens is 3. The number of carbonyl (C=O) groups excluding carboxylic acids is 2. The summed E-state index contributed by atoms with van der Waals surface area (Å²) in [4.78, 5) is 38.8. The number of hydrogen-bond donors (Lipinski definition) is 1. The zero-order valence-electron chi connectivity index (χ0n) is 19.7. The molecule has 1 aliphatic heterocycles. The van der Waals surface area contributed by atoms with Crippen molar-refractivity contribution >= 4 is 22.7 Å². The minimum absolute atomic E-state index is 0.00144. The van der Waals surface area contributed by atoms with Crippen LogP contribution in [0, 0.1) is 6.92 Å². The van der Waals surface area contributed by atoms with Gasteiger partial charge in [0, 0.05) is 56.2 Å². The van der Waals surface area contributed by atoms with Gasteiger partial charge in [0.05, 0.1) is 17.6 Å². The van der Waals surface area contributed by atoms with E-state index in [0.29, 0.717) is 50.8 Å². The summed E-state index contributed by atoms with van der Waals surface area (Å²) < 4.78 is 1.94. The van der Waals surface area contributed by atoms with Gasteiger partial charge < -0.3 is 10.2 Å². The van der Waals surface area contributed by atoms with E-state index < -0.39 is 0 Å². The fourth-order valence-corrected chi connectivity index (χ4v) is 4.62. The maximum atomic E-state index is 13.6. The third-order valence-electron chi connectivity index (χ3n) is 6.44. The molecule has 8 nitrogen and oxygen atoms in total. The Bertz CT molecular complexity index is 1330. The number of para-hydroxylation sites is 1.